The molecule has 0 unspecified atom stereocenters. The first kappa shape index (κ1) is 16.5. The Kier molecular flexibility index (Phi) is 4.87. The van der Waals surface area contributed by atoms with Crippen molar-refractivity contribution in [2.75, 3.05) is 0 Å². The zero-order valence-electron chi connectivity index (χ0n) is 12.8. The molecule has 0 aromatic carbocycles. The van der Waals surface area contributed by atoms with Crippen molar-refractivity contribution in [3.8, 4) is 0 Å². The predicted molar refractivity (Wildman–Crippen MR) is 91.9 cm³/mol. The van der Waals surface area contributed by atoms with Crippen LogP contribution in [-0.2, 0) is 22.7 Å². The fraction of sp³-hybridized carbons (Fsp3) is 0.188. The maximum Gasteiger partial charge on any atom is 0.331 e. The van der Waals surface area contributed by atoms with Crippen molar-refractivity contribution in [1.29, 1.82) is 0 Å². The van der Waals surface area contributed by atoms with Crippen molar-refractivity contribution in [1.82, 2.24) is 18.9 Å². The van der Waals surface area contributed by atoms with Crippen molar-refractivity contribution in [2.24, 2.45) is 0 Å². The van der Waals surface area contributed by atoms with Gasteiger partial charge in [-0.2, -0.15) is 0 Å². The van der Waals surface area contributed by atoms with Crippen molar-refractivity contribution < 1.29 is 9.53 Å². The highest BCUT2D eigenvalue weighted by Crippen LogP contribution is 2.21. The Morgan fingerprint density at radius 3 is 3.00 bits per heavy atom. The van der Waals surface area contributed by atoms with Crippen LogP contribution in [0.25, 0.3) is 11.7 Å². The highest BCUT2D eigenvalue weighted by Gasteiger charge is 2.08. The molecule has 0 atom stereocenters. The normalized spacial score (nSPS) is 11.5. The van der Waals surface area contributed by atoms with Crippen LogP contribution in [0.5, 0.6) is 0 Å². The molecule has 0 amide bonds. The summed E-state index contributed by atoms with van der Waals surface area (Å²) in [7, 11) is 0. The predicted octanol–water partition coefficient (Wildman–Crippen LogP) is 3.61. The standard InChI is InChI=1S/C16H14Cl2N4O2/c1-2-21-6-5-19-14(21)3-4-15(23)24-10-12-9-22-8-11(17)7-13(18)16(22)20-12/h3-9H,2,10H2,1H3. The summed E-state index contributed by atoms with van der Waals surface area (Å²) in [4.78, 5) is 20.3. The first-order chi connectivity index (χ1) is 11.6. The molecule has 24 heavy (non-hydrogen) atoms. The summed E-state index contributed by atoms with van der Waals surface area (Å²) in [5.74, 6) is 0.227. The van der Waals surface area contributed by atoms with Crippen LogP contribution in [-0.4, -0.2) is 24.9 Å². The van der Waals surface area contributed by atoms with Gasteiger partial charge in [-0.15, -0.1) is 0 Å². The number of aryl methyl sites for hydroxylation is 1. The number of pyridine rings is 1. The lowest BCUT2D eigenvalue weighted by Gasteiger charge is -2.00. The van der Waals surface area contributed by atoms with E-state index in [1.54, 1.807) is 35.1 Å². The number of imidazole rings is 2. The Labute approximate surface area is 148 Å². The number of carbonyl (C=O) groups excluding carboxylic acids is 1. The second-order valence-corrected chi connectivity index (χ2v) is 5.83. The molecule has 6 nitrogen and oxygen atoms in total. The summed E-state index contributed by atoms with van der Waals surface area (Å²) >= 11 is 12.0. The number of esters is 1. The smallest absolute Gasteiger partial charge is 0.331 e. The Morgan fingerprint density at radius 1 is 1.38 bits per heavy atom. The Balaban J connectivity index is 1.65. The summed E-state index contributed by atoms with van der Waals surface area (Å²) in [5.41, 5.74) is 1.14. The molecule has 0 radical (unpaired) electrons. The zero-order valence-corrected chi connectivity index (χ0v) is 14.3. The van der Waals surface area contributed by atoms with Gasteiger partial charge in [0, 0.05) is 37.4 Å². The molecule has 0 spiro atoms. The third kappa shape index (κ3) is 3.60. The summed E-state index contributed by atoms with van der Waals surface area (Å²) in [6.07, 6.45) is 9.89. The minimum absolute atomic E-state index is 0.0427. The van der Waals surface area contributed by atoms with E-state index in [1.807, 2.05) is 17.7 Å². The second kappa shape index (κ2) is 7.07. The van der Waals surface area contributed by atoms with Gasteiger partial charge in [-0.25, -0.2) is 14.8 Å². The summed E-state index contributed by atoms with van der Waals surface area (Å²) in [6, 6.07) is 1.61. The van der Waals surface area contributed by atoms with E-state index in [-0.39, 0.29) is 6.61 Å². The molecule has 0 saturated heterocycles. The van der Waals surface area contributed by atoms with Gasteiger partial charge in [-0.1, -0.05) is 23.2 Å². The van der Waals surface area contributed by atoms with Crippen LogP contribution < -0.4 is 0 Å². The van der Waals surface area contributed by atoms with Crippen molar-refractivity contribution in [3.05, 3.63) is 58.5 Å². The number of nitrogens with zero attached hydrogens (tertiary/aromatic N) is 4. The Bertz CT molecular complexity index is 914. The van der Waals surface area contributed by atoms with E-state index >= 15 is 0 Å². The van der Waals surface area contributed by atoms with Crippen molar-refractivity contribution >= 4 is 40.9 Å². The van der Waals surface area contributed by atoms with Crippen molar-refractivity contribution in [3.63, 3.8) is 0 Å². The molecule has 0 N–H and O–H groups in total. The van der Waals surface area contributed by atoms with E-state index in [1.165, 1.54) is 6.08 Å². The molecule has 0 aliphatic carbocycles. The largest absolute Gasteiger partial charge is 0.456 e. The number of hydrogen-bond donors (Lipinski definition) is 0. The van der Waals surface area contributed by atoms with Gasteiger partial charge in [0.15, 0.2) is 5.65 Å². The van der Waals surface area contributed by atoms with Gasteiger partial charge in [-0.05, 0) is 19.1 Å². The lowest BCUT2D eigenvalue weighted by atomic mass is 10.4. The van der Waals surface area contributed by atoms with Gasteiger partial charge >= 0.3 is 5.97 Å². The van der Waals surface area contributed by atoms with Gasteiger partial charge in [0.1, 0.15) is 12.4 Å². The van der Waals surface area contributed by atoms with Crippen LogP contribution in [0.4, 0.5) is 0 Å². The SMILES string of the molecule is CCn1ccnc1C=CC(=O)OCc1cn2cc(Cl)cc(Cl)c2n1. The van der Waals surface area contributed by atoms with Gasteiger partial charge in [0.2, 0.25) is 0 Å². The molecule has 8 heteroatoms. The highest BCUT2D eigenvalue weighted by atomic mass is 35.5. The average Bonchev–Trinajstić information content (AvgIpc) is 3.16. The number of fused-ring (bicyclic) bond motifs is 1. The monoisotopic (exact) mass is 364 g/mol. The number of hydrogen-bond acceptors (Lipinski definition) is 4. The molecule has 3 aromatic rings. The third-order valence-electron chi connectivity index (χ3n) is 3.34. The van der Waals surface area contributed by atoms with Crippen molar-refractivity contribution in [2.45, 2.75) is 20.1 Å². The Morgan fingerprint density at radius 2 is 2.21 bits per heavy atom. The third-order valence-corrected chi connectivity index (χ3v) is 3.83. The minimum atomic E-state index is -0.471. The quantitative estimate of drug-likeness (QED) is 0.512. The molecule has 0 fully saturated rings. The fourth-order valence-electron chi connectivity index (χ4n) is 2.23. The average molecular weight is 365 g/mol. The van der Waals surface area contributed by atoms with Crippen LogP contribution >= 0.6 is 23.2 Å². The summed E-state index contributed by atoms with van der Waals surface area (Å²) < 4.78 is 8.80. The van der Waals surface area contributed by atoms with Crippen LogP contribution in [0.1, 0.15) is 18.4 Å². The number of ether oxygens (including phenoxy) is 1. The van der Waals surface area contributed by atoms with Gasteiger partial charge < -0.3 is 13.7 Å². The van der Waals surface area contributed by atoms with Gasteiger partial charge in [-0.3, -0.25) is 0 Å². The highest BCUT2D eigenvalue weighted by molar-refractivity contribution is 6.36. The molecule has 0 aliphatic rings. The van der Waals surface area contributed by atoms with E-state index in [4.69, 9.17) is 27.9 Å². The van der Waals surface area contributed by atoms with E-state index in [9.17, 15) is 4.79 Å². The van der Waals surface area contributed by atoms with E-state index in [0.29, 0.717) is 27.2 Å². The lowest BCUT2D eigenvalue weighted by Crippen LogP contribution is -2.02. The molecule has 0 bridgehead atoms. The number of halogens is 2. The Hall–Kier alpha value is -2.31. The topological polar surface area (TPSA) is 61.4 Å². The molecule has 3 aromatic heterocycles. The lowest BCUT2D eigenvalue weighted by molar-refractivity contribution is -0.139. The van der Waals surface area contributed by atoms with E-state index in [2.05, 4.69) is 9.97 Å². The van der Waals surface area contributed by atoms with Crippen LogP contribution in [0.2, 0.25) is 10.0 Å². The van der Waals surface area contributed by atoms with Crippen LogP contribution in [0.15, 0.2) is 36.9 Å². The first-order valence-corrected chi connectivity index (χ1v) is 8.01. The number of rotatable bonds is 5. The van der Waals surface area contributed by atoms with Gasteiger partial charge in [0.05, 0.1) is 15.7 Å². The van der Waals surface area contributed by atoms with Crippen LogP contribution in [0, 0.1) is 0 Å². The van der Waals surface area contributed by atoms with Gasteiger partial charge in [0.25, 0.3) is 0 Å². The fourth-order valence-corrected chi connectivity index (χ4v) is 2.75. The number of carbonyl (C=O) groups is 1. The maximum atomic E-state index is 11.8. The maximum absolute atomic E-state index is 11.8. The van der Waals surface area contributed by atoms with E-state index < -0.39 is 5.97 Å². The molecule has 124 valence electrons. The summed E-state index contributed by atoms with van der Waals surface area (Å²) in [5, 5.41) is 0.939. The summed E-state index contributed by atoms with van der Waals surface area (Å²) in [6.45, 7) is 2.82. The minimum Gasteiger partial charge on any atom is -0.456 e. The second-order valence-electron chi connectivity index (χ2n) is 4.98. The molecular weight excluding hydrogens is 351 g/mol. The molecule has 0 aliphatic heterocycles. The molecule has 3 rings (SSSR count). The zero-order chi connectivity index (χ0) is 17.1. The molecule has 3 heterocycles. The molecule has 0 saturated carbocycles. The molecular formula is C16H14Cl2N4O2. The van der Waals surface area contributed by atoms with Crippen LogP contribution in [0.3, 0.4) is 0 Å². The first-order valence-electron chi connectivity index (χ1n) is 7.25. The van der Waals surface area contributed by atoms with E-state index in [0.717, 1.165) is 6.54 Å². The number of aromatic nitrogens is 4.